The van der Waals surface area contributed by atoms with Crippen molar-refractivity contribution in [2.45, 2.75) is 32.8 Å². The Morgan fingerprint density at radius 1 is 1.32 bits per heavy atom. The normalized spacial score (nSPS) is 13.9. The van der Waals surface area contributed by atoms with E-state index in [-0.39, 0.29) is 5.97 Å². The molecule has 1 rings (SSSR count). The molecule has 0 amide bonds. The van der Waals surface area contributed by atoms with E-state index >= 15 is 0 Å². The molecule has 2 atom stereocenters. The van der Waals surface area contributed by atoms with Crippen molar-refractivity contribution in [3.05, 3.63) is 32.7 Å². The van der Waals surface area contributed by atoms with Gasteiger partial charge in [-0.2, -0.15) is 0 Å². The predicted molar refractivity (Wildman–Crippen MR) is 81.8 cm³/mol. The van der Waals surface area contributed by atoms with Crippen molar-refractivity contribution in [3.63, 3.8) is 0 Å². The van der Waals surface area contributed by atoms with Crippen LogP contribution >= 0.6 is 31.9 Å². The summed E-state index contributed by atoms with van der Waals surface area (Å²) in [6.45, 7) is 4.08. The molecule has 0 saturated carbocycles. The van der Waals surface area contributed by atoms with E-state index in [0.717, 1.165) is 15.4 Å². The number of hydrogen-bond acceptors (Lipinski definition) is 3. The minimum absolute atomic E-state index is 0.329. The number of benzene rings is 1. The summed E-state index contributed by atoms with van der Waals surface area (Å²) in [5, 5.41) is 10.4. The first-order valence-corrected chi connectivity index (χ1v) is 7.89. The fraction of sp³-hybridized carbons (Fsp3) is 0.500. The Kier molecular flexibility index (Phi) is 7.04. The molecule has 5 heteroatoms. The summed E-state index contributed by atoms with van der Waals surface area (Å²) in [6, 6.07) is 5.47. The SMILES string of the molecule is CCCC(C(=O)OCC)C(O)c1ccc(Br)c(Br)c1. The molecule has 0 saturated heterocycles. The third-order valence-electron chi connectivity index (χ3n) is 2.86. The van der Waals surface area contributed by atoms with Crippen LogP contribution in [-0.4, -0.2) is 17.7 Å². The van der Waals surface area contributed by atoms with E-state index in [1.165, 1.54) is 0 Å². The lowest BCUT2D eigenvalue weighted by Crippen LogP contribution is -2.24. The van der Waals surface area contributed by atoms with E-state index in [0.29, 0.717) is 18.6 Å². The lowest BCUT2D eigenvalue weighted by Gasteiger charge is -2.21. The lowest BCUT2D eigenvalue weighted by atomic mass is 9.92. The van der Waals surface area contributed by atoms with Gasteiger partial charge >= 0.3 is 5.97 Å². The summed E-state index contributed by atoms with van der Waals surface area (Å²) >= 11 is 6.78. The first-order valence-electron chi connectivity index (χ1n) is 6.30. The maximum absolute atomic E-state index is 11.9. The summed E-state index contributed by atoms with van der Waals surface area (Å²) in [4.78, 5) is 11.9. The van der Waals surface area contributed by atoms with Crippen LogP contribution in [0.25, 0.3) is 0 Å². The molecule has 0 aromatic heterocycles. The number of carbonyl (C=O) groups excluding carboxylic acids is 1. The van der Waals surface area contributed by atoms with Crippen molar-refractivity contribution < 1.29 is 14.6 Å². The summed E-state index contributed by atoms with van der Waals surface area (Å²) in [6.07, 6.45) is 0.578. The topological polar surface area (TPSA) is 46.5 Å². The number of aliphatic hydroxyl groups excluding tert-OH is 1. The number of esters is 1. The Bertz CT molecular complexity index is 435. The summed E-state index contributed by atoms with van der Waals surface area (Å²) in [7, 11) is 0. The molecule has 0 spiro atoms. The molecule has 1 aromatic rings. The largest absolute Gasteiger partial charge is 0.466 e. The van der Waals surface area contributed by atoms with Crippen LogP contribution in [0.5, 0.6) is 0 Å². The molecule has 0 radical (unpaired) electrons. The second kappa shape index (κ2) is 8.02. The van der Waals surface area contributed by atoms with Crippen molar-refractivity contribution in [3.8, 4) is 0 Å². The van der Waals surface area contributed by atoms with Gasteiger partial charge in [0, 0.05) is 8.95 Å². The molecule has 1 aromatic carbocycles. The smallest absolute Gasteiger partial charge is 0.311 e. The summed E-state index contributed by atoms with van der Waals surface area (Å²) < 4.78 is 6.79. The number of ether oxygens (including phenoxy) is 1. The van der Waals surface area contributed by atoms with Gasteiger partial charge in [0.2, 0.25) is 0 Å². The number of carbonyl (C=O) groups is 1. The van der Waals surface area contributed by atoms with Gasteiger partial charge in [0.05, 0.1) is 18.6 Å². The van der Waals surface area contributed by atoms with Crippen LogP contribution < -0.4 is 0 Å². The zero-order chi connectivity index (χ0) is 14.4. The number of hydrogen-bond donors (Lipinski definition) is 1. The monoisotopic (exact) mass is 392 g/mol. The minimum Gasteiger partial charge on any atom is -0.466 e. The molecule has 2 unspecified atom stereocenters. The maximum Gasteiger partial charge on any atom is 0.311 e. The van der Waals surface area contributed by atoms with Gasteiger partial charge in [-0.25, -0.2) is 0 Å². The van der Waals surface area contributed by atoms with E-state index in [1.807, 2.05) is 19.1 Å². The fourth-order valence-corrected chi connectivity index (χ4v) is 2.54. The lowest BCUT2D eigenvalue weighted by molar-refractivity contribution is -0.152. The zero-order valence-corrected chi connectivity index (χ0v) is 14.2. The van der Waals surface area contributed by atoms with E-state index in [1.54, 1.807) is 13.0 Å². The fourth-order valence-electron chi connectivity index (χ4n) is 1.89. The Morgan fingerprint density at radius 2 is 2.00 bits per heavy atom. The quantitative estimate of drug-likeness (QED) is 0.735. The van der Waals surface area contributed by atoms with Gasteiger partial charge in [-0.3, -0.25) is 4.79 Å². The van der Waals surface area contributed by atoms with Crippen molar-refractivity contribution in [2.75, 3.05) is 6.61 Å². The van der Waals surface area contributed by atoms with Crippen LogP contribution in [0.3, 0.4) is 0 Å². The standard InChI is InChI=1S/C14H18Br2O3/c1-3-5-10(14(18)19-4-2)13(17)9-6-7-11(15)12(16)8-9/h6-8,10,13,17H,3-5H2,1-2H3. The molecule has 0 fully saturated rings. The predicted octanol–water partition coefficient (Wildman–Crippen LogP) is 4.22. The number of aliphatic hydroxyl groups is 1. The van der Waals surface area contributed by atoms with Crippen LogP contribution in [0, 0.1) is 5.92 Å². The summed E-state index contributed by atoms with van der Waals surface area (Å²) in [5.74, 6) is -0.853. The molecular formula is C14H18Br2O3. The van der Waals surface area contributed by atoms with Gasteiger partial charge in [-0.1, -0.05) is 19.4 Å². The van der Waals surface area contributed by atoms with Crippen LogP contribution in [0.2, 0.25) is 0 Å². The average molecular weight is 394 g/mol. The second-order valence-corrected chi connectivity index (χ2v) is 5.97. The molecule has 0 heterocycles. The molecule has 0 bridgehead atoms. The van der Waals surface area contributed by atoms with Crippen molar-refractivity contribution in [2.24, 2.45) is 5.92 Å². The van der Waals surface area contributed by atoms with Crippen LogP contribution in [0.15, 0.2) is 27.1 Å². The third kappa shape index (κ3) is 4.58. The summed E-state index contributed by atoms with van der Waals surface area (Å²) in [5.41, 5.74) is 0.710. The zero-order valence-electron chi connectivity index (χ0n) is 11.0. The molecule has 0 aliphatic heterocycles. The van der Waals surface area contributed by atoms with Gasteiger partial charge in [0.25, 0.3) is 0 Å². The third-order valence-corrected chi connectivity index (χ3v) is 4.73. The van der Waals surface area contributed by atoms with Gasteiger partial charge in [0.15, 0.2) is 0 Å². The Balaban J connectivity index is 2.94. The first-order chi connectivity index (χ1) is 9.01. The number of halogens is 2. The Labute approximate surface area is 130 Å². The molecule has 19 heavy (non-hydrogen) atoms. The Hall–Kier alpha value is -0.390. The van der Waals surface area contributed by atoms with E-state index in [9.17, 15) is 9.90 Å². The van der Waals surface area contributed by atoms with Gasteiger partial charge in [-0.05, 0) is 62.9 Å². The molecule has 1 N–H and O–H groups in total. The van der Waals surface area contributed by atoms with E-state index in [2.05, 4.69) is 31.9 Å². The van der Waals surface area contributed by atoms with Gasteiger partial charge in [0.1, 0.15) is 0 Å². The molecule has 0 aliphatic rings. The minimum atomic E-state index is -0.844. The van der Waals surface area contributed by atoms with Crippen molar-refractivity contribution in [1.82, 2.24) is 0 Å². The van der Waals surface area contributed by atoms with Gasteiger partial charge < -0.3 is 9.84 Å². The highest BCUT2D eigenvalue weighted by atomic mass is 79.9. The molecular weight excluding hydrogens is 376 g/mol. The van der Waals surface area contributed by atoms with Crippen molar-refractivity contribution in [1.29, 1.82) is 0 Å². The van der Waals surface area contributed by atoms with Crippen LogP contribution in [0.4, 0.5) is 0 Å². The molecule has 106 valence electrons. The molecule has 0 aliphatic carbocycles. The van der Waals surface area contributed by atoms with E-state index in [4.69, 9.17) is 4.74 Å². The maximum atomic E-state index is 11.9. The second-order valence-electron chi connectivity index (χ2n) is 4.27. The highest BCUT2D eigenvalue weighted by Gasteiger charge is 2.28. The van der Waals surface area contributed by atoms with Crippen LogP contribution in [-0.2, 0) is 9.53 Å². The number of rotatable bonds is 6. The Morgan fingerprint density at radius 3 is 2.53 bits per heavy atom. The first kappa shape index (κ1) is 16.7. The van der Waals surface area contributed by atoms with Gasteiger partial charge in [-0.15, -0.1) is 0 Å². The highest BCUT2D eigenvalue weighted by Crippen LogP contribution is 2.31. The van der Waals surface area contributed by atoms with E-state index < -0.39 is 12.0 Å². The highest BCUT2D eigenvalue weighted by molar-refractivity contribution is 9.13. The molecule has 3 nitrogen and oxygen atoms in total. The average Bonchev–Trinajstić information content (AvgIpc) is 2.38. The van der Waals surface area contributed by atoms with Crippen LogP contribution in [0.1, 0.15) is 38.4 Å². The van der Waals surface area contributed by atoms with Crippen molar-refractivity contribution >= 4 is 37.8 Å².